The molecule has 0 unspecified atom stereocenters. The van der Waals surface area contributed by atoms with Crippen LogP contribution in [0.25, 0.3) is 11.1 Å². The highest BCUT2D eigenvalue weighted by molar-refractivity contribution is 9.11. The quantitative estimate of drug-likeness (QED) is 0.702. The highest BCUT2D eigenvalue weighted by Gasteiger charge is 2.05. The van der Waals surface area contributed by atoms with Crippen molar-refractivity contribution in [1.29, 1.82) is 0 Å². The summed E-state index contributed by atoms with van der Waals surface area (Å²) in [5.41, 5.74) is 3.93. The van der Waals surface area contributed by atoms with E-state index in [9.17, 15) is 0 Å². The van der Waals surface area contributed by atoms with Crippen molar-refractivity contribution in [1.82, 2.24) is 0 Å². The molecule has 1 aromatic carbocycles. The van der Waals surface area contributed by atoms with Gasteiger partial charge < -0.3 is 0 Å². The predicted octanol–water partition coefficient (Wildman–Crippen LogP) is 4.49. The summed E-state index contributed by atoms with van der Waals surface area (Å²) < 4.78 is 1.21. The summed E-state index contributed by atoms with van der Waals surface area (Å²) in [5, 5.41) is 2.10. The van der Waals surface area contributed by atoms with E-state index in [0.29, 0.717) is 0 Å². The van der Waals surface area contributed by atoms with Crippen LogP contribution in [0.4, 0.5) is 0 Å². The number of hydrogen-bond donors (Lipinski definition) is 0. The Kier molecular flexibility index (Phi) is 2.51. The second-order valence-electron chi connectivity index (χ2n) is 2.92. The van der Waals surface area contributed by atoms with Gasteiger partial charge in [-0.2, -0.15) is 0 Å². The maximum Gasteiger partial charge on any atom is 0.0776 e. The third-order valence-corrected chi connectivity index (χ3v) is 3.74. The Labute approximate surface area is 90.4 Å². The average molecular weight is 253 g/mol. The van der Waals surface area contributed by atoms with Crippen molar-refractivity contribution in [2.24, 2.45) is 0 Å². The summed E-state index contributed by atoms with van der Waals surface area (Å²) in [6.45, 7) is 2.14. The highest BCUT2D eigenvalue weighted by Crippen LogP contribution is 2.34. The molecule has 0 aliphatic heterocycles. The Bertz CT molecular complexity index is 418. The fourth-order valence-corrected chi connectivity index (χ4v) is 2.66. The van der Waals surface area contributed by atoms with E-state index < -0.39 is 0 Å². The molecule has 0 aliphatic carbocycles. The van der Waals surface area contributed by atoms with E-state index in [4.69, 9.17) is 0 Å². The summed E-state index contributed by atoms with van der Waals surface area (Å²) in [6.07, 6.45) is 0. The molecule has 0 spiro atoms. The molecule has 2 heteroatoms. The molecule has 0 radical (unpaired) electrons. The number of thiophene rings is 1. The first-order valence-corrected chi connectivity index (χ1v) is 5.75. The third kappa shape index (κ3) is 1.69. The zero-order chi connectivity index (χ0) is 9.26. The molecule has 0 amide bonds. The summed E-state index contributed by atoms with van der Waals surface area (Å²) >= 11 is 5.28. The van der Waals surface area contributed by atoms with Gasteiger partial charge in [-0.15, -0.1) is 11.3 Å². The molecular formula is C11H9BrS. The molecule has 0 atom stereocenters. The first kappa shape index (κ1) is 8.97. The minimum Gasteiger partial charge on any atom is -0.136 e. The maximum atomic E-state index is 3.56. The zero-order valence-corrected chi connectivity index (χ0v) is 9.65. The van der Waals surface area contributed by atoms with Crippen LogP contribution in [0.2, 0.25) is 0 Å². The van der Waals surface area contributed by atoms with E-state index in [1.54, 1.807) is 11.3 Å². The van der Waals surface area contributed by atoms with Crippen LogP contribution in [-0.4, -0.2) is 0 Å². The number of benzene rings is 1. The number of aryl methyl sites for hydroxylation is 1. The minimum absolute atomic E-state index is 1.21. The van der Waals surface area contributed by atoms with Crippen LogP contribution < -0.4 is 0 Å². The SMILES string of the molecule is Cc1ccccc1-c1ccsc1Br. The summed E-state index contributed by atoms with van der Waals surface area (Å²) in [5.74, 6) is 0. The molecular weight excluding hydrogens is 244 g/mol. The fraction of sp³-hybridized carbons (Fsp3) is 0.0909. The molecule has 0 saturated carbocycles. The Morgan fingerprint density at radius 2 is 1.85 bits per heavy atom. The smallest absolute Gasteiger partial charge is 0.0776 e. The topological polar surface area (TPSA) is 0 Å². The lowest BCUT2D eigenvalue weighted by Crippen LogP contribution is -1.79. The van der Waals surface area contributed by atoms with Crippen molar-refractivity contribution in [3.05, 3.63) is 45.1 Å². The van der Waals surface area contributed by atoms with E-state index in [-0.39, 0.29) is 0 Å². The van der Waals surface area contributed by atoms with Crippen molar-refractivity contribution < 1.29 is 0 Å². The number of rotatable bonds is 1. The van der Waals surface area contributed by atoms with Gasteiger partial charge in [-0.05, 0) is 45.4 Å². The standard InChI is InChI=1S/C11H9BrS/c1-8-4-2-3-5-9(8)10-6-7-13-11(10)12/h2-7H,1H3. The van der Waals surface area contributed by atoms with Crippen LogP contribution >= 0.6 is 27.3 Å². The molecule has 0 nitrogen and oxygen atoms in total. The molecule has 66 valence electrons. The van der Waals surface area contributed by atoms with Gasteiger partial charge in [0.05, 0.1) is 3.79 Å². The summed E-state index contributed by atoms with van der Waals surface area (Å²) in [6, 6.07) is 10.6. The molecule has 2 rings (SSSR count). The van der Waals surface area contributed by atoms with Gasteiger partial charge in [-0.25, -0.2) is 0 Å². The van der Waals surface area contributed by atoms with Gasteiger partial charge in [-0.3, -0.25) is 0 Å². The number of halogens is 1. The molecule has 2 aromatic rings. The zero-order valence-electron chi connectivity index (χ0n) is 7.25. The van der Waals surface area contributed by atoms with Crippen LogP contribution in [0.5, 0.6) is 0 Å². The normalized spacial score (nSPS) is 10.3. The van der Waals surface area contributed by atoms with Crippen LogP contribution in [0.1, 0.15) is 5.56 Å². The lowest BCUT2D eigenvalue weighted by Gasteiger charge is -2.02. The van der Waals surface area contributed by atoms with Gasteiger partial charge >= 0.3 is 0 Å². The summed E-state index contributed by atoms with van der Waals surface area (Å²) in [7, 11) is 0. The molecule has 13 heavy (non-hydrogen) atoms. The van der Waals surface area contributed by atoms with Crippen LogP contribution in [0.15, 0.2) is 39.5 Å². The van der Waals surface area contributed by atoms with Crippen molar-refractivity contribution in [3.8, 4) is 11.1 Å². The third-order valence-electron chi connectivity index (χ3n) is 2.05. The highest BCUT2D eigenvalue weighted by atomic mass is 79.9. The van der Waals surface area contributed by atoms with Crippen molar-refractivity contribution in [2.45, 2.75) is 6.92 Å². The molecule has 0 aliphatic rings. The fourth-order valence-electron chi connectivity index (χ4n) is 1.36. The van der Waals surface area contributed by atoms with Crippen LogP contribution in [0.3, 0.4) is 0 Å². The van der Waals surface area contributed by atoms with E-state index in [1.165, 1.54) is 20.5 Å². The van der Waals surface area contributed by atoms with Crippen molar-refractivity contribution >= 4 is 27.3 Å². The Morgan fingerprint density at radius 1 is 1.08 bits per heavy atom. The molecule has 0 bridgehead atoms. The van der Waals surface area contributed by atoms with Gasteiger partial charge in [0.1, 0.15) is 0 Å². The van der Waals surface area contributed by atoms with Crippen molar-refractivity contribution in [3.63, 3.8) is 0 Å². The first-order valence-electron chi connectivity index (χ1n) is 4.08. The second kappa shape index (κ2) is 3.64. The van der Waals surface area contributed by atoms with E-state index in [0.717, 1.165) is 0 Å². The molecule has 1 heterocycles. The van der Waals surface area contributed by atoms with Gasteiger partial charge in [-0.1, -0.05) is 24.3 Å². The Morgan fingerprint density at radius 3 is 2.46 bits per heavy atom. The monoisotopic (exact) mass is 252 g/mol. The average Bonchev–Trinajstić information content (AvgIpc) is 2.52. The molecule has 0 N–H and O–H groups in total. The molecule has 0 saturated heterocycles. The maximum absolute atomic E-state index is 3.56. The van der Waals surface area contributed by atoms with Gasteiger partial charge in [0.2, 0.25) is 0 Å². The lowest BCUT2D eigenvalue weighted by molar-refractivity contribution is 1.47. The van der Waals surface area contributed by atoms with E-state index in [1.807, 2.05) is 0 Å². The van der Waals surface area contributed by atoms with Crippen LogP contribution in [0, 0.1) is 6.92 Å². The minimum atomic E-state index is 1.21. The van der Waals surface area contributed by atoms with Crippen LogP contribution in [-0.2, 0) is 0 Å². The Hall–Kier alpha value is -0.600. The summed E-state index contributed by atoms with van der Waals surface area (Å²) in [4.78, 5) is 0. The van der Waals surface area contributed by atoms with E-state index >= 15 is 0 Å². The largest absolute Gasteiger partial charge is 0.136 e. The number of hydrogen-bond acceptors (Lipinski definition) is 1. The van der Waals surface area contributed by atoms with Crippen molar-refractivity contribution in [2.75, 3.05) is 0 Å². The van der Waals surface area contributed by atoms with Gasteiger partial charge in [0.25, 0.3) is 0 Å². The second-order valence-corrected chi connectivity index (χ2v) is 5.16. The lowest BCUT2D eigenvalue weighted by atomic mass is 10.0. The predicted molar refractivity (Wildman–Crippen MR) is 62.2 cm³/mol. The first-order chi connectivity index (χ1) is 6.29. The molecule has 1 aromatic heterocycles. The van der Waals surface area contributed by atoms with Gasteiger partial charge in [0.15, 0.2) is 0 Å². The van der Waals surface area contributed by atoms with E-state index in [2.05, 4.69) is 58.6 Å². The Balaban J connectivity index is 2.59. The van der Waals surface area contributed by atoms with Gasteiger partial charge in [0, 0.05) is 5.56 Å². The molecule has 0 fully saturated rings.